The van der Waals surface area contributed by atoms with E-state index in [4.69, 9.17) is 0 Å². The van der Waals surface area contributed by atoms with Crippen molar-refractivity contribution >= 4 is 5.69 Å². The van der Waals surface area contributed by atoms with Crippen molar-refractivity contribution in [2.24, 2.45) is 17.8 Å². The molecule has 2 unspecified atom stereocenters. The van der Waals surface area contributed by atoms with Crippen LogP contribution < -0.4 is 4.90 Å². The Hall–Kier alpha value is -1.02. The molecule has 0 aromatic heterocycles. The fourth-order valence-corrected chi connectivity index (χ4v) is 5.94. The molecule has 4 heterocycles. The van der Waals surface area contributed by atoms with Crippen LogP contribution in [0.4, 0.5) is 5.69 Å². The molecule has 0 N–H and O–H groups in total. The van der Waals surface area contributed by atoms with Crippen molar-refractivity contribution in [1.29, 1.82) is 0 Å². The van der Waals surface area contributed by atoms with Gasteiger partial charge in [0.05, 0.1) is 5.54 Å². The third-order valence-corrected chi connectivity index (χ3v) is 6.57. The summed E-state index contributed by atoms with van der Waals surface area (Å²) in [7, 11) is 2.36. The van der Waals surface area contributed by atoms with Gasteiger partial charge in [-0.25, -0.2) is 0 Å². The van der Waals surface area contributed by atoms with Crippen molar-refractivity contribution in [1.82, 2.24) is 4.90 Å². The van der Waals surface area contributed by atoms with Crippen LogP contribution in [0.1, 0.15) is 18.4 Å². The minimum absolute atomic E-state index is 0.455. The summed E-state index contributed by atoms with van der Waals surface area (Å²) < 4.78 is 0. The van der Waals surface area contributed by atoms with E-state index in [0.29, 0.717) is 5.54 Å². The molecule has 4 bridgehead atoms. The number of rotatable bonds is 0. The van der Waals surface area contributed by atoms with Crippen LogP contribution in [-0.2, 0) is 6.42 Å². The van der Waals surface area contributed by atoms with E-state index in [2.05, 4.69) is 41.1 Å². The van der Waals surface area contributed by atoms with Gasteiger partial charge < -0.3 is 9.80 Å². The van der Waals surface area contributed by atoms with Gasteiger partial charge in [-0.1, -0.05) is 18.2 Å². The van der Waals surface area contributed by atoms with Crippen LogP contribution in [0.3, 0.4) is 0 Å². The molecule has 19 heavy (non-hydrogen) atoms. The summed E-state index contributed by atoms with van der Waals surface area (Å²) in [5.74, 6) is 2.80. The molecule has 1 aromatic rings. The van der Waals surface area contributed by atoms with Crippen LogP contribution in [0.5, 0.6) is 0 Å². The Morgan fingerprint density at radius 2 is 1.79 bits per heavy atom. The SMILES string of the molecule is CN1c2ccccc2CC12C1CC3CC2CN(C3)C1. The largest absolute Gasteiger partial charge is 0.368 e. The second-order valence-electron chi connectivity index (χ2n) is 7.31. The zero-order chi connectivity index (χ0) is 12.6. The number of nitrogens with zero attached hydrogens (tertiary/aromatic N) is 2. The van der Waals surface area contributed by atoms with Gasteiger partial charge in [-0.05, 0) is 48.6 Å². The average molecular weight is 254 g/mol. The molecule has 2 heteroatoms. The number of anilines is 1. The molecule has 100 valence electrons. The topological polar surface area (TPSA) is 6.48 Å². The zero-order valence-electron chi connectivity index (χ0n) is 11.7. The molecule has 2 atom stereocenters. The molecule has 1 saturated carbocycles. The van der Waals surface area contributed by atoms with Crippen molar-refractivity contribution in [3.63, 3.8) is 0 Å². The smallest absolute Gasteiger partial charge is 0.0520 e. The maximum absolute atomic E-state index is 2.75. The Labute approximate surface area is 115 Å². The highest BCUT2D eigenvalue weighted by molar-refractivity contribution is 5.62. The van der Waals surface area contributed by atoms with Crippen LogP contribution >= 0.6 is 0 Å². The molecule has 5 aliphatic rings. The predicted octanol–water partition coefficient (Wildman–Crippen LogP) is 2.39. The van der Waals surface area contributed by atoms with Gasteiger partial charge in [0.2, 0.25) is 0 Å². The lowest BCUT2D eigenvalue weighted by Crippen LogP contribution is -2.71. The summed E-state index contributed by atoms with van der Waals surface area (Å²) in [4.78, 5) is 5.42. The Morgan fingerprint density at radius 1 is 1.05 bits per heavy atom. The number of piperidine rings is 3. The number of hydrogen-bond acceptors (Lipinski definition) is 2. The second-order valence-corrected chi connectivity index (χ2v) is 7.31. The van der Waals surface area contributed by atoms with Gasteiger partial charge in [-0.15, -0.1) is 0 Å². The molecule has 0 radical (unpaired) electrons. The number of para-hydroxylation sites is 1. The molecule has 4 fully saturated rings. The van der Waals surface area contributed by atoms with E-state index in [1.165, 1.54) is 44.6 Å². The van der Waals surface area contributed by atoms with Crippen molar-refractivity contribution in [3.05, 3.63) is 29.8 Å². The number of likely N-dealkylation sites (N-methyl/N-ethyl adjacent to an activating group) is 1. The molecule has 1 spiro atoms. The summed E-state index contributed by atoms with van der Waals surface area (Å²) >= 11 is 0. The molecular weight excluding hydrogens is 232 g/mol. The van der Waals surface area contributed by atoms with E-state index in [0.717, 1.165) is 17.8 Å². The molecule has 4 aliphatic heterocycles. The van der Waals surface area contributed by atoms with E-state index in [1.54, 1.807) is 5.56 Å². The summed E-state index contributed by atoms with van der Waals surface area (Å²) in [5.41, 5.74) is 3.55. The summed E-state index contributed by atoms with van der Waals surface area (Å²) in [6.07, 6.45) is 4.26. The third kappa shape index (κ3) is 1.17. The quantitative estimate of drug-likeness (QED) is 0.701. The monoisotopic (exact) mass is 254 g/mol. The first kappa shape index (κ1) is 10.7. The Bertz CT molecular complexity index is 508. The minimum Gasteiger partial charge on any atom is -0.368 e. The van der Waals surface area contributed by atoms with E-state index >= 15 is 0 Å². The Kier molecular flexibility index (Phi) is 1.89. The highest BCUT2D eigenvalue weighted by Gasteiger charge is 2.60. The molecule has 1 aromatic carbocycles. The normalized spacial score (nSPS) is 46.1. The van der Waals surface area contributed by atoms with Crippen LogP contribution in [-0.4, -0.2) is 37.1 Å². The molecule has 1 aliphatic carbocycles. The van der Waals surface area contributed by atoms with Gasteiger partial charge in [0.1, 0.15) is 0 Å². The van der Waals surface area contributed by atoms with Crippen LogP contribution in [0, 0.1) is 17.8 Å². The first-order valence-corrected chi connectivity index (χ1v) is 7.81. The molecular formula is C17H22N2. The van der Waals surface area contributed by atoms with Gasteiger partial charge in [0.25, 0.3) is 0 Å². The lowest BCUT2D eigenvalue weighted by Gasteiger charge is -2.63. The predicted molar refractivity (Wildman–Crippen MR) is 77.4 cm³/mol. The fraction of sp³-hybridized carbons (Fsp3) is 0.647. The van der Waals surface area contributed by atoms with Crippen molar-refractivity contribution in [3.8, 4) is 0 Å². The maximum atomic E-state index is 2.75. The van der Waals surface area contributed by atoms with Gasteiger partial charge >= 0.3 is 0 Å². The lowest BCUT2D eigenvalue weighted by molar-refractivity contribution is -0.0777. The summed E-state index contributed by atoms with van der Waals surface area (Å²) in [6.45, 7) is 4.09. The van der Waals surface area contributed by atoms with Crippen LogP contribution in [0.25, 0.3) is 0 Å². The van der Waals surface area contributed by atoms with E-state index in [1.807, 2.05) is 0 Å². The molecule has 6 rings (SSSR count). The van der Waals surface area contributed by atoms with Crippen molar-refractivity contribution in [2.45, 2.75) is 24.8 Å². The van der Waals surface area contributed by atoms with Crippen LogP contribution in [0.2, 0.25) is 0 Å². The molecule has 2 nitrogen and oxygen atoms in total. The van der Waals surface area contributed by atoms with Crippen molar-refractivity contribution < 1.29 is 0 Å². The summed E-state index contributed by atoms with van der Waals surface area (Å²) in [5, 5.41) is 0. The van der Waals surface area contributed by atoms with Crippen LogP contribution in [0.15, 0.2) is 24.3 Å². The third-order valence-electron chi connectivity index (χ3n) is 6.57. The van der Waals surface area contributed by atoms with Gasteiger partial charge in [0, 0.05) is 32.4 Å². The Balaban J connectivity index is 1.63. The highest BCUT2D eigenvalue weighted by atomic mass is 15.3. The number of fused-ring (bicyclic) bond motifs is 1. The lowest BCUT2D eigenvalue weighted by atomic mass is 9.56. The number of hydrogen-bond donors (Lipinski definition) is 0. The molecule has 3 saturated heterocycles. The first-order valence-electron chi connectivity index (χ1n) is 7.81. The van der Waals surface area contributed by atoms with E-state index < -0.39 is 0 Å². The standard InChI is InChI=1S/C17H22N2/c1-18-16-5-3-2-4-13(16)8-17(18)14-6-12-7-15(17)11-19(9-12)10-14/h2-5,12,14-15H,6-11H2,1H3. The average Bonchev–Trinajstić information content (AvgIpc) is 2.70. The minimum atomic E-state index is 0.455. The zero-order valence-corrected chi connectivity index (χ0v) is 11.7. The van der Waals surface area contributed by atoms with Gasteiger partial charge in [0.15, 0.2) is 0 Å². The summed E-state index contributed by atoms with van der Waals surface area (Å²) in [6, 6.07) is 9.10. The second kappa shape index (κ2) is 3.35. The molecule has 0 amide bonds. The maximum Gasteiger partial charge on any atom is 0.0520 e. The van der Waals surface area contributed by atoms with Gasteiger partial charge in [-0.3, -0.25) is 0 Å². The van der Waals surface area contributed by atoms with Gasteiger partial charge in [-0.2, -0.15) is 0 Å². The first-order chi connectivity index (χ1) is 9.27. The highest BCUT2D eigenvalue weighted by Crippen LogP contribution is 2.57. The number of benzene rings is 1. The van der Waals surface area contributed by atoms with E-state index in [-0.39, 0.29) is 0 Å². The van der Waals surface area contributed by atoms with E-state index in [9.17, 15) is 0 Å². The Morgan fingerprint density at radius 3 is 2.47 bits per heavy atom. The van der Waals surface area contributed by atoms with Crippen molar-refractivity contribution in [2.75, 3.05) is 31.6 Å². The fourth-order valence-electron chi connectivity index (χ4n) is 5.94.